The number of hydrogen-bond donors (Lipinski definition) is 1. The van der Waals surface area contributed by atoms with Crippen molar-refractivity contribution in [1.29, 1.82) is 0 Å². The van der Waals surface area contributed by atoms with E-state index in [0.717, 1.165) is 47.5 Å². The Morgan fingerprint density at radius 2 is 1.52 bits per heavy atom. The van der Waals surface area contributed by atoms with Crippen LogP contribution in [0.15, 0.2) is 108 Å². The van der Waals surface area contributed by atoms with E-state index in [1.54, 1.807) is 48.5 Å². The third-order valence-corrected chi connectivity index (χ3v) is 10.5. The Kier molecular flexibility index (Phi) is 11.5. The second-order valence-electron chi connectivity index (χ2n) is 12.2. The van der Waals surface area contributed by atoms with E-state index >= 15 is 0 Å². The predicted octanol–water partition coefficient (Wildman–Crippen LogP) is 6.43. The maximum absolute atomic E-state index is 14.7. The van der Waals surface area contributed by atoms with E-state index in [9.17, 15) is 22.4 Å². The first kappa shape index (κ1) is 34.6. The molecule has 48 heavy (non-hydrogen) atoms. The molecule has 1 fully saturated rings. The number of sulfonamides is 1. The first-order chi connectivity index (χ1) is 23.2. The van der Waals surface area contributed by atoms with Crippen LogP contribution in [0.25, 0.3) is 0 Å². The Morgan fingerprint density at radius 3 is 2.17 bits per heavy atom. The predicted molar refractivity (Wildman–Crippen MR) is 185 cm³/mol. The molecular weight excluding hydrogens is 629 g/mol. The number of nitrogens with zero attached hydrogens (tertiary/aromatic N) is 2. The highest BCUT2D eigenvalue weighted by Crippen LogP contribution is 2.34. The Bertz CT molecular complexity index is 1780. The first-order valence-electron chi connectivity index (χ1n) is 16.3. The van der Waals surface area contributed by atoms with Crippen molar-refractivity contribution in [2.24, 2.45) is 0 Å². The highest BCUT2D eigenvalue weighted by molar-refractivity contribution is 7.92. The van der Waals surface area contributed by atoms with Crippen molar-refractivity contribution in [2.75, 3.05) is 18.0 Å². The van der Waals surface area contributed by atoms with Crippen LogP contribution in [-0.4, -0.2) is 50.9 Å². The Labute approximate surface area is 282 Å². The number of aryl methyl sites for hydroxylation is 1. The molecule has 1 saturated carbocycles. The van der Waals surface area contributed by atoms with Gasteiger partial charge in [-0.15, -0.1) is 0 Å². The third kappa shape index (κ3) is 8.60. The average Bonchev–Trinajstić information content (AvgIpc) is 3.10. The van der Waals surface area contributed by atoms with Gasteiger partial charge in [0.05, 0.1) is 17.7 Å². The van der Waals surface area contributed by atoms with E-state index in [1.807, 2.05) is 37.3 Å². The summed E-state index contributed by atoms with van der Waals surface area (Å²) in [6, 6.07) is 27.2. The molecule has 10 heteroatoms. The fourth-order valence-electron chi connectivity index (χ4n) is 6.11. The van der Waals surface area contributed by atoms with Crippen molar-refractivity contribution in [1.82, 2.24) is 10.2 Å². The highest BCUT2D eigenvalue weighted by atomic mass is 32.2. The summed E-state index contributed by atoms with van der Waals surface area (Å²) in [5, 5.41) is 3.19. The molecule has 252 valence electrons. The Morgan fingerprint density at radius 1 is 0.875 bits per heavy atom. The molecule has 4 aromatic carbocycles. The molecule has 1 unspecified atom stereocenters. The molecule has 0 aromatic heterocycles. The zero-order valence-electron chi connectivity index (χ0n) is 27.3. The number of amides is 2. The van der Waals surface area contributed by atoms with Gasteiger partial charge in [0, 0.05) is 19.0 Å². The summed E-state index contributed by atoms with van der Waals surface area (Å²) in [4.78, 5) is 30.3. The lowest BCUT2D eigenvalue weighted by Gasteiger charge is -2.35. The Hall–Kier alpha value is -4.70. The van der Waals surface area contributed by atoms with Crippen molar-refractivity contribution in [2.45, 2.75) is 69.0 Å². The maximum atomic E-state index is 14.7. The largest absolute Gasteiger partial charge is 0.495 e. The normalized spacial score (nSPS) is 14.1. The molecule has 0 aliphatic heterocycles. The molecule has 1 atom stereocenters. The number of benzene rings is 4. The SMILES string of the molecule is COc1ccc(C)cc1N(CC(=O)N(Cc1ccc(F)cc1)C(Cc1ccccc1)C(=O)NC1CCCCC1)S(=O)(=O)c1ccccc1. The number of carbonyl (C=O) groups is 2. The molecule has 2 amide bonds. The Balaban J connectivity index is 1.59. The van der Waals surface area contributed by atoms with E-state index in [1.165, 1.54) is 36.3 Å². The minimum absolute atomic E-state index is 0.00215. The van der Waals surface area contributed by atoms with Crippen LogP contribution in [0, 0.1) is 12.7 Å². The van der Waals surface area contributed by atoms with Crippen LogP contribution >= 0.6 is 0 Å². The van der Waals surface area contributed by atoms with E-state index in [2.05, 4.69) is 5.32 Å². The number of hydrogen-bond acceptors (Lipinski definition) is 5. The second kappa shape index (κ2) is 15.9. The van der Waals surface area contributed by atoms with Crippen LogP contribution in [0.5, 0.6) is 5.75 Å². The molecule has 5 rings (SSSR count). The number of methoxy groups -OCH3 is 1. The van der Waals surface area contributed by atoms with Crippen molar-refractivity contribution in [3.05, 3.63) is 126 Å². The molecular formula is C38H42FN3O5S. The minimum Gasteiger partial charge on any atom is -0.495 e. The smallest absolute Gasteiger partial charge is 0.264 e. The number of ether oxygens (including phenoxy) is 1. The lowest BCUT2D eigenvalue weighted by molar-refractivity contribution is -0.140. The number of rotatable bonds is 13. The molecule has 1 aliphatic rings. The minimum atomic E-state index is -4.28. The van der Waals surface area contributed by atoms with Crippen LogP contribution in [0.1, 0.15) is 48.8 Å². The van der Waals surface area contributed by atoms with Gasteiger partial charge >= 0.3 is 0 Å². The van der Waals surface area contributed by atoms with Gasteiger partial charge in [-0.2, -0.15) is 0 Å². The van der Waals surface area contributed by atoms with E-state index in [0.29, 0.717) is 5.56 Å². The summed E-state index contributed by atoms with van der Waals surface area (Å²) in [6.07, 6.45) is 5.04. The van der Waals surface area contributed by atoms with Gasteiger partial charge in [0.1, 0.15) is 24.2 Å². The zero-order chi connectivity index (χ0) is 34.1. The summed E-state index contributed by atoms with van der Waals surface area (Å²) in [5.41, 5.74) is 2.40. The van der Waals surface area contributed by atoms with Gasteiger partial charge in [0.15, 0.2) is 0 Å². The summed E-state index contributed by atoms with van der Waals surface area (Å²) in [7, 11) is -2.84. The maximum Gasteiger partial charge on any atom is 0.264 e. The summed E-state index contributed by atoms with van der Waals surface area (Å²) in [6.45, 7) is 1.17. The summed E-state index contributed by atoms with van der Waals surface area (Å²) >= 11 is 0. The molecule has 8 nitrogen and oxygen atoms in total. The van der Waals surface area contributed by atoms with Crippen molar-refractivity contribution in [3.8, 4) is 5.75 Å². The molecule has 0 saturated heterocycles. The highest BCUT2D eigenvalue weighted by Gasteiger charge is 2.36. The van der Waals surface area contributed by atoms with Crippen LogP contribution in [0.4, 0.5) is 10.1 Å². The van der Waals surface area contributed by atoms with Crippen LogP contribution in [-0.2, 0) is 32.6 Å². The number of carbonyl (C=O) groups excluding carboxylic acids is 2. The van der Waals surface area contributed by atoms with Gasteiger partial charge in [0.25, 0.3) is 10.0 Å². The second-order valence-corrected chi connectivity index (χ2v) is 14.1. The third-order valence-electron chi connectivity index (χ3n) is 8.70. The lowest BCUT2D eigenvalue weighted by atomic mass is 9.94. The summed E-state index contributed by atoms with van der Waals surface area (Å²) < 4.78 is 49.2. The fraction of sp³-hybridized carbons (Fsp3) is 0.316. The molecule has 0 radical (unpaired) electrons. The topological polar surface area (TPSA) is 96.0 Å². The van der Waals surface area contributed by atoms with Crippen molar-refractivity contribution < 1.29 is 27.1 Å². The van der Waals surface area contributed by atoms with Gasteiger partial charge in [-0.3, -0.25) is 13.9 Å². The zero-order valence-corrected chi connectivity index (χ0v) is 28.2. The standard InChI is InChI=1S/C38H42FN3O5S/c1-28-18-23-36(47-2)34(24-28)42(48(45,46)33-16-10-5-11-17-33)27-37(43)41(26-30-19-21-31(39)22-20-30)35(25-29-12-6-3-7-13-29)38(44)40-32-14-8-4-9-15-32/h3,5-7,10-13,16-24,32,35H,4,8-9,14-15,25-27H2,1-2H3,(H,40,44). The van der Waals surface area contributed by atoms with Gasteiger partial charge in [-0.05, 0) is 72.9 Å². The lowest BCUT2D eigenvalue weighted by Crippen LogP contribution is -2.55. The first-order valence-corrected chi connectivity index (χ1v) is 17.7. The quantitative estimate of drug-likeness (QED) is 0.177. The van der Waals surface area contributed by atoms with E-state index in [4.69, 9.17) is 4.74 Å². The van der Waals surface area contributed by atoms with Gasteiger partial charge < -0.3 is 15.0 Å². The monoisotopic (exact) mass is 671 g/mol. The van der Waals surface area contributed by atoms with E-state index in [-0.39, 0.29) is 41.2 Å². The molecule has 0 bridgehead atoms. The molecule has 0 heterocycles. The average molecular weight is 672 g/mol. The van der Waals surface area contributed by atoms with Gasteiger partial charge in [-0.25, -0.2) is 12.8 Å². The van der Waals surface area contributed by atoms with Gasteiger partial charge in [0.2, 0.25) is 11.8 Å². The van der Waals surface area contributed by atoms with Gasteiger partial charge in [-0.1, -0.05) is 86.0 Å². The van der Waals surface area contributed by atoms with Crippen LogP contribution < -0.4 is 14.4 Å². The molecule has 1 N–H and O–H groups in total. The number of anilines is 1. The molecule has 4 aromatic rings. The number of halogens is 1. The fourth-order valence-corrected chi connectivity index (χ4v) is 7.55. The number of nitrogens with one attached hydrogen (secondary N) is 1. The van der Waals surface area contributed by atoms with Crippen LogP contribution in [0.2, 0.25) is 0 Å². The van der Waals surface area contributed by atoms with Crippen molar-refractivity contribution in [3.63, 3.8) is 0 Å². The van der Waals surface area contributed by atoms with Crippen LogP contribution in [0.3, 0.4) is 0 Å². The molecule has 1 aliphatic carbocycles. The summed E-state index contributed by atoms with van der Waals surface area (Å²) in [5.74, 6) is -1.07. The van der Waals surface area contributed by atoms with E-state index < -0.39 is 34.3 Å². The van der Waals surface area contributed by atoms with Crippen molar-refractivity contribution >= 4 is 27.5 Å². The molecule has 0 spiro atoms.